The fraction of sp³-hybridized carbons (Fsp3) is 0.533. The number of ether oxygens (including phenoxy) is 1. The third-order valence-corrected chi connectivity index (χ3v) is 5.90. The molecule has 2 fully saturated rings. The molecule has 1 amide bonds. The zero-order valence-corrected chi connectivity index (χ0v) is 13.4. The fourth-order valence-corrected chi connectivity index (χ4v) is 4.45. The normalized spacial score (nSPS) is 24.5. The van der Waals surface area contributed by atoms with Crippen molar-refractivity contribution in [2.45, 2.75) is 19.4 Å². The monoisotopic (exact) mass is 324 g/mol. The van der Waals surface area contributed by atoms with Crippen molar-refractivity contribution in [1.82, 2.24) is 4.90 Å². The van der Waals surface area contributed by atoms with E-state index in [4.69, 9.17) is 4.74 Å². The van der Waals surface area contributed by atoms with Gasteiger partial charge in [0.25, 0.3) is 5.91 Å². The predicted octanol–water partition coefficient (Wildman–Crippen LogP) is 1.09. The van der Waals surface area contributed by atoms with Crippen molar-refractivity contribution in [3.05, 3.63) is 29.8 Å². The molecule has 2 aliphatic rings. The number of amides is 1. The van der Waals surface area contributed by atoms with E-state index >= 15 is 0 Å². The second-order valence-electron chi connectivity index (χ2n) is 5.72. The molecule has 2 heterocycles. The smallest absolute Gasteiger partial charge is 0.254 e. The Morgan fingerprint density at radius 3 is 2.55 bits per heavy atom. The molecule has 0 spiro atoms. The summed E-state index contributed by atoms with van der Waals surface area (Å²) in [6.07, 6.45) is 0.695. The average Bonchev–Trinajstić information content (AvgIpc) is 2.86. The molecular formula is C15H20N2O4S. The van der Waals surface area contributed by atoms with Gasteiger partial charge in [-0.25, -0.2) is 8.42 Å². The molecule has 0 bridgehead atoms. The number of carbonyl (C=O) groups is 1. The first-order valence-corrected chi connectivity index (χ1v) is 9.10. The van der Waals surface area contributed by atoms with Crippen molar-refractivity contribution in [2.24, 2.45) is 0 Å². The van der Waals surface area contributed by atoms with E-state index in [9.17, 15) is 13.2 Å². The highest BCUT2D eigenvalue weighted by molar-refractivity contribution is 7.93. The summed E-state index contributed by atoms with van der Waals surface area (Å²) >= 11 is 0. The number of hydrogen-bond acceptors (Lipinski definition) is 4. The van der Waals surface area contributed by atoms with Gasteiger partial charge in [0, 0.05) is 25.2 Å². The summed E-state index contributed by atoms with van der Waals surface area (Å²) < 4.78 is 30.7. The number of anilines is 1. The number of morpholine rings is 1. The lowest BCUT2D eigenvalue weighted by Crippen LogP contribution is -2.44. The van der Waals surface area contributed by atoms with Crippen molar-refractivity contribution in [3.8, 4) is 0 Å². The van der Waals surface area contributed by atoms with E-state index in [1.807, 2.05) is 6.92 Å². The van der Waals surface area contributed by atoms with Crippen LogP contribution >= 0.6 is 0 Å². The summed E-state index contributed by atoms with van der Waals surface area (Å²) in [5, 5.41) is 0. The summed E-state index contributed by atoms with van der Waals surface area (Å²) in [6.45, 7) is 4.18. The third kappa shape index (κ3) is 2.96. The molecular weight excluding hydrogens is 304 g/mol. The minimum atomic E-state index is -3.18. The van der Waals surface area contributed by atoms with Crippen molar-refractivity contribution in [1.29, 1.82) is 0 Å². The number of carbonyl (C=O) groups excluding carboxylic acids is 1. The van der Waals surface area contributed by atoms with Crippen molar-refractivity contribution in [3.63, 3.8) is 0 Å². The molecule has 0 aliphatic carbocycles. The fourth-order valence-electron chi connectivity index (χ4n) is 2.89. The van der Waals surface area contributed by atoms with Crippen LogP contribution in [0.4, 0.5) is 5.69 Å². The molecule has 2 saturated heterocycles. The van der Waals surface area contributed by atoms with Crippen molar-refractivity contribution < 1.29 is 17.9 Å². The minimum absolute atomic E-state index is 0.0361. The van der Waals surface area contributed by atoms with Crippen LogP contribution in [0.1, 0.15) is 23.7 Å². The van der Waals surface area contributed by atoms with Gasteiger partial charge in [-0.2, -0.15) is 0 Å². The van der Waals surface area contributed by atoms with Gasteiger partial charge in [0.15, 0.2) is 0 Å². The maximum Gasteiger partial charge on any atom is 0.254 e. The Morgan fingerprint density at radius 2 is 1.95 bits per heavy atom. The minimum Gasteiger partial charge on any atom is -0.375 e. The van der Waals surface area contributed by atoms with E-state index in [1.54, 1.807) is 29.2 Å². The van der Waals surface area contributed by atoms with Crippen molar-refractivity contribution in [2.75, 3.05) is 36.3 Å². The van der Waals surface area contributed by atoms with Crippen LogP contribution in [0, 0.1) is 0 Å². The van der Waals surface area contributed by atoms with Gasteiger partial charge in [-0.3, -0.25) is 9.10 Å². The molecule has 0 saturated carbocycles. The van der Waals surface area contributed by atoms with Crippen LogP contribution in [0.25, 0.3) is 0 Å². The summed E-state index contributed by atoms with van der Waals surface area (Å²) in [7, 11) is -3.18. The summed E-state index contributed by atoms with van der Waals surface area (Å²) in [5.74, 6) is 0.158. The van der Waals surface area contributed by atoms with Gasteiger partial charge in [0.1, 0.15) is 0 Å². The molecule has 1 aromatic carbocycles. The van der Waals surface area contributed by atoms with Crippen molar-refractivity contribution >= 4 is 21.6 Å². The first kappa shape index (κ1) is 15.3. The Balaban J connectivity index is 1.75. The molecule has 7 heteroatoms. The lowest BCUT2D eigenvalue weighted by atomic mass is 10.1. The summed E-state index contributed by atoms with van der Waals surface area (Å²) in [5.41, 5.74) is 1.21. The van der Waals surface area contributed by atoms with Crippen LogP contribution < -0.4 is 4.31 Å². The Bertz CT molecular complexity index is 657. The number of benzene rings is 1. The largest absolute Gasteiger partial charge is 0.375 e. The SMILES string of the molecule is CC1CN(C(=O)c2ccc(N3CCCS3(=O)=O)cc2)CCO1. The molecule has 2 aliphatic heterocycles. The van der Waals surface area contributed by atoms with E-state index < -0.39 is 10.0 Å². The Hall–Kier alpha value is -1.60. The van der Waals surface area contributed by atoms with E-state index in [1.165, 1.54) is 4.31 Å². The van der Waals surface area contributed by atoms with E-state index in [0.29, 0.717) is 43.9 Å². The van der Waals surface area contributed by atoms with Crippen LogP contribution in [-0.4, -0.2) is 57.3 Å². The van der Waals surface area contributed by atoms with Gasteiger partial charge in [-0.05, 0) is 37.6 Å². The van der Waals surface area contributed by atoms with Crippen LogP contribution in [0.15, 0.2) is 24.3 Å². The van der Waals surface area contributed by atoms with Crippen LogP contribution in [0.3, 0.4) is 0 Å². The molecule has 120 valence electrons. The van der Waals surface area contributed by atoms with Crippen LogP contribution in [0.5, 0.6) is 0 Å². The molecule has 0 aromatic heterocycles. The number of hydrogen-bond donors (Lipinski definition) is 0. The zero-order valence-electron chi connectivity index (χ0n) is 12.6. The molecule has 1 atom stereocenters. The molecule has 0 N–H and O–H groups in total. The van der Waals surface area contributed by atoms with Crippen LogP contribution in [-0.2, 0) is 14.8 Å². The average molecular weight is 324 g/mol. The van der Waals surface area contributed by atoms with E-state index in [-0.39, 0.29) is 17.8 Å². The summed E-state index contributed by atoms with van der Waals surface area (Å²) in [4.78, 5) is 14.2. The lowest BCUT2D eigenvalue weighted by Gasteiger charge is -2.31. The second-order valence-corrected chi connectivity index (χ2v) is 7.73. The highest BCUT2D eigenvalue weighted by Crippen LogP contribution is 2.24. The molecule has 0 radical (unpaired) electrons. The van der Waals surface area contributed by atoms with Gasteiger partial charge in [-0.1, -0.05) is 0 Å². The van der Waals surface area contributed by atoms with Crippen LogP contribution in [0.2, 0.25) is 0 Å². The third-order valence-electron chi connectivity index (χ3n) is 4.03. The Kier molecular flexibility index (Phi) is 4.10. The molecule has 1 aromatic rings. The Morgan fingerprint density at radius 1 is 1.23 bits per heavy atom. The number of rotatable bonds is 2. The standard InChI is InChI=1S/C15H20N2O4S/c1-12-11-16(8-9-21-12)15(18)13-3-5-14(6-4-13)17-7-2-10-22(17,19)20/h3-6,12H,2,7-11H2,1H3. The zero-order chi connectivity index (χ0) is 15.7. The van der Waals surface area contributed by atoms with Gasteiger partial charge in [-0.15, -0.1) is 0 Å². The number of sulfonamides is 1. The quantitative estimate of drug-likeness (QED) is 0.817. The maximum absolute atomic E-state index is 12.4. The lowest BCUT2D eigenvalue weighted by molar-refractivity contribution is -0.0124. The molecule has 6 nitrogen and oxygen atoms in total. The van der Waals surface area contributed by atoms with Gasteiger partial charge >= 0.3 is 0 Å². The maximum atomic E-state index is 12.4. The second kappa shape index (κ2) is 5.89. The van der Waals surface area contributed by atoms with E-state index in [0.717, 1.165) is 0 Å². The molecule has 3 rings (SSSR count). The first-order chi connectivity index (χ1) is 10.5. The predicted molar refractivity (Wildman–Crippen MR) is 83.5 cm³/mol. The highest BCUT2D eigenvalue weighted by atomic mass is 32.2. The summed E-state index contributed by atoms with van der Waals surface area (Å²) in [6, 6.07) is 6.82. The molecule has 1 unspecified atom stereocenters. The van der Waals surface area contributed by atoms with Gasteiger partial charge in [0.2, 0.25) is 10.0 Å². The number of nitrogens with zero attached hydrogens (tertiary/aromatic N) is 2. The van der Waals surface area contributed by atoms with Gasteiger partial charge < -0.3 is 9.64 Å². The topological polar surface area (TPSA) is 66.9 Å². The van der Waals surface area contributed by atoms with E-state index in [2.05, 4.69) is 0 Å². The Labute approximate surface area is 130 Å². The molecule has 22 heavy (non-hydrogen) atoms. The first-order valence-electron chi connectivity index (χ1n) is 7.49. The highest BCUT2D eigenvalue weighted by Gasteiger charge is 2.28. The van der Waals surface area contributed by atoms with Gasteiger partial charge in [0.05, 0.1) is 24.2 Å².